The molecule has 1 aromatic rings. The van der Waals surface area contributed by atoms with E-state index in [9.17, 15) is 9.00 Å². The predicted octanol–water partition coefficient (Wildman–Crippen LogP) is 4.53. The number of hydrogen-bond donors (Lipinski definition) is 1. The van der Waals surface area contributed by atoms with Crippen LogP contribution in [0.4, 0.5) is 10.5 Å². The third-order valence-corrected chi connectivity index (χ3v) is 6.49. The molecule has 0 radical (unpaired) electrons. The Hall–Kier alpha value is -1.36. The van der Waals surface area contributed by atoms with Crippen LogP contribution in [0.25, 0.3) is 0 Å². The smallest absolute Gasteiger partial charge is 0.322 e. The second kappa shape index (κ2) is 8.15. The zero-order valence-corrected chi connectivity index (χ0v) is 16.1. The summed E-state index contributed by atoms with van der Waals surface area (Å²) in [5.41, 5.74) is 1.77. The van der Waals surface area contributed by atoms with Gasteiger partial charge < -0.3 is 10.2 Å². The number of anilines is 1. The fraction of sp³-hybridized carbons (Fsp3) is 0.632. The molecule has 0 unspecified atom stereocenters. The fourth-order valence-electron chi connectivity index (χ4n) is 3.09. The van der Waals surface area contributed by atoms with Crippen LogP contribution < -0.4 is 5.32 Å². The highest BCUT2D eigenvalue weighted by atomic mass is 32.2. The Labute approximate surface area is 148 Å². The average molecular weight is 351 g/mol. The van der Waals surface area contributed by atoms with Crippen LogP contribution in [0.3, 0.4) is 0 Å². The number of nitrogens with zero attached hydrogens (tertiary/aromatic N) is 1. The van der Waals surface area contributed by atoms with Crippen molar-refractivity contribution in [1.82, 2.24) is 4.90 Å². The highest BCUT2D eigenvalue weighted by Crippen LogP contribution is 2.24. The van der Waals surface area contributed by atoms with Gasteiger partial charge in [-0.15, -0.1) is 0 Å². The maximum Gasteiger partial charge on any atom is 0.322 e. The number of urea groups is 1. The fourth-order valence-corrected chi connectivity index (χ4v) is 4.00. The van der Waals surface area contributed by atoms with E-state index in [1.165, 1.54) is 12.8 Å². The third kappa shape index (κ3) is 5.07. The van der Waals surface area contributed by atoms with E-state index in [4.69, 9.17) is 0 Å². The van der Waals surface area contributed by atoms with Crippen LogP contribution in [0.15, 0.2) is 24.3 Å². The summed E-state index contributed by atoms with van der Waals surface area (Å²) in [6.07, 6.45) is 4.63. The maximum absolute atomic E-state index is 12.6. The third-order valence-electron chi connectivity index (χ3n) is 4.53. The SMILES string of the molecule is CCN(C(=O)Nc1cccc(C[S@@](=O)C(C)(C)C)c1)C1CCCC1. The number of rotatable bonds is 5. The van der Waals surface area contributed by atoms with Crippen molar-refractivity contribution in [2.24, 2.45) is 0 Å². The van der Waals surface area contributed by atoms with E-state index < -0.39 is 10.8 Å². The van der Waals surface area contributed by atoms with Crippen molar-refractivity contribution in [2.75, 3.05) is 11.9 Å². The van der Waals surface area contributed by atoms with Crippen LogP contribution in [-0.2, 0) is 16.6 Å². The Bertz CT molecular complexity index is 589. The number of nitrogens with one attached hydrogen (secondary N) is 1. The molecule has 134 valence electrons. The van der Waals surface area contributed by atoms with Gasteiger partial charge in [-0.05, 0) is 58.2 Å². The Balaban J connectivity index is 2.03. The molecule has 1 aliphatic carbocycles. The van der Waals surface area contributed by atoms with Crippen molar-refractivity contribution in [3.05, 3.63) is 29.8 Å². The zero-order chi connectivity index (χ0) is 17.7. The van der Waals surface area contributed by atoms with E-state index in [0.29, 0.717) is 11.8 Å². The number of carbonyl (C=O) groups excluding carboxylic acids is 1. The van der Waals surface area contributed by atoms with Crippen molar-refractivity contribution < 1.29 is 9.00 Å². The normalized spacial score (nSPS) is 16.8. The van der Waals surface area contributed by atoms with Crippen molar-refractivity contribution in [3.63, 3.8) is 0 Å². The minimum Gasteiger partial charge on any atom is -0.322 e. The number of benzene rings is 1. The van der Waals surface area contributed by atoms with Gasteiger partial charge in [0.15, 0.2) is 0 Å². The molecule has 1 fully saturated rings. The molecule has 1 aromatic carbocycles. The molecule has 1 saturated carbocycles. The van der Waals surface area contributed by atoms with Crippen molar-refractivity contribution in [3.8, 4) is 0 Å². The standard InChI is InChI=1S/C19H30N2O2S/c1-5-21(17-11-6-7-12-17)18(22)20-16-10-8-9-15(13-16)14-24(23)19(2,3)4/h8-10,13,17H,5-7,11-12,14H2,1-4H3,(H,20,22)/t24-/m1/s1. The zero-order valence-electron chi connectivity index (χ0n) is 15.3. The summed E-state index contributed by atoms with van der Waals surface area (Å²) in [5.74, 6) is 0.507. The second-order valence-electron chi connectivity index (χ2n) is 7.46. The summed E-state index contributed by atoms with van der Waals surface area (Å²) in [4.78, 5) is 14.5. The summed E-state index contributed by atoms with van der Waals surface area (Å²) in [6.45, 7) is 8.70. The van der Waals surface area contributed by atoms with Crippen molar-refractivity contribution in [1.29, 1.82) is 0 Å². The van der Waals surface area contributed by atoms with Crippen molar-refractivity contribution >= 4 is 22.5 Å². The minimum atomic E-state index is -0.945. The van der Waals surface area contributed by atoms with E-state index in [2.05, 4.69) is 5.32 Å². The molecule has 24 heavy (non-hydrogen) atoms. The van der Waals surface area contributed by atoms with Gasteiger partial charge in [-0.3, -0.25) is 4.21 Å². The minimum absolute atomic E-state index is 0.0292. The van der Waals surface area contributed by atoms with Gasteiger partial charge in [0.2, 0.25) is 0 Å². The lowest BCUT2D eigenvalue weighted by Crippen LogP contribution is -2.41. The van der Waals surface area contributed by atoms with Gasteiger partial charge in [0.05, 0.1) is 0 Å². The Morgan fingerprint density at radius 1 is 1.29 bits per heavy atom. The molecule has 1 N–H and O–H groups in total. The van der Waals surface area contributed by atoms with Crippen LogP contribution >= 0.6 is 0 Å². The van der Waals surface area contributed by atoms with Crippen molar-refractivity contribution in [2.45, 2.75) is 69.9 Å². The summed E-state index contributed by atoms with van der Waals surface area (Å²) in [5, 5.41) is 3.01. The molecular formula is C19H30N2O2S. The molecule has 2 amide bonds. The molecule has 1 aliphatic rings. The molecule has 0 aromatic heterocycles. The van der Waals surface area contributed by atoms with Crippen LogP contribution in [-0.4, -0.2) is 32.5 Å². The molecule has 1 atom stereocenters. The highest BCUT2D eigenvalue weighted by molar-refractivity contribution is 7.85. The molecule has 0 heterocycles. The molecule has 0 spiro atoms. The molecule has 0 saturated heterocycles. The van der Waals surface area contributed by atoms with E-state index >= 15 is 0 Å². The van der Waals surface area contributed by atoms with E-state index in [1.54, 1.807) is 0 Å². The van der Waals surface area contributed by atoms with E-state index in [1.807, 2.05) is 56.9 Å². The largest absolute Gasteiger partial charge is 0.322 e. The van der Waals surface area contributed by atoms with Gasteiger partial charge in [0.1, 0.15) is 0 Å². The van der Waals surface area contributed by atoms with Gasteiger partial charge in [0, 0.05) is 39.6 Å². The lowest BCUT2D eigenvalue weighted by molar-refractivity contribution is 0.192. The number of amides is 2. The summed E-state index contributed by atoms with van der Waals surface area (Å²) in [6, 6.07) is 8.04. The lowest BCUT2D eigenvalue weighted by Gasteiger charge is -2.28. The second-order valence-corrected chi connectivity index (χ2v) is 9.66. The molecule has 4 nitrogen and oxygen atoms in total. The molecular weight excluding hydrogens is 320 g/mol. The lowest BCUT2D eigenvalue weighted by atomic mass is 10.2. The van der Waals surface area contributed by atoms with Gasteiger partial charge >= 0.3 is 6.03 Å². The molecule has 0 bridgehead atoms. The predicted molar refractivity (Wildman–Crippen MR) is 102 cm³/mol. The topological polar surface area (TPSA) is 49.4 Å². The van der Waals surface area contributed by atoms with E-state index in [0.717, 1.165) is 30.6 Å². The van der Waals surface area contributed by atoms with Gasteiger partial charge in [-0.2, -0.15) is 0 Å². The van der Waals surface area contributed by atoms with E-state index in [-0.39, 0.29) is 10.8 Å². The first kappa shape index (κ1) is 19.0. The highest BCUT2D eigenvalue weighted by Gasteiger charge is 2.25. The van der Waals surface area contributed by atoms with Gasteiger partial charge in [0.25, 0.3) is 0 Å². The maximum atomic E-state index is 12.6. The van der Waals surface area contributed by atoms with Gasteiger partial charge in [-0.25, -0.2) is 4.79 Å². The number of hydrogen-bond acceptors (Lipinski definition) is 2. The van der Waals surface area contributed by atoms with Crippen LogP contribution in [0.5, 0.6) is 0 Å². The first-order chi connectivity index (χ1) is 11.3. The molecule has 2 rings (SSSR count). The Morgan fingerprint density at radius 3 is 2.54 bits per heavy atom. The van der Waals surface area contributed by atoms with Gasteiger partial charge in [-0.1, -0.05) is 25.0 Å². The van der Waals surface area contributed by atoms with Crippen LogP contribution in [0.2, 0.25) is 0 Å². The quantitative estimate of drug-likeness (QED) is 0.848. The summed E-state index contributed by atoms with van der Waals surface area (Å²) in [7, 11) is -0.945. The van der Waals surface area contributed by atoms with Crippen LogP contribution in [0, 0.1) is 0 Å². The van der Waals surface area contributed by atoms with Crippen LogP contribution in [0.1, 0.15) is 58.9 Å². The summed E-state index contributed by atoms with van der Waals surface area (Å²) >= 11 is 0. The molecule has 5 heteroatoms. The number of carbonyl (C=O) groups is 1. The molecule has 0 aliphatic heterocycles. The Kier molecular flexibility index (Phi) is 6.44. The average Bonchev–Trinajstić information content (AvgIpc) is 3.01. The first-order valence-electron chi connectivity index (χ1n) is 8.86. The summed E-state index contributed by atoms with van der Waals surface area (Å²) < 4.78 is 12.1. The monoisotopic (exact) mass is 350 g/mol. The first-order valence-corrected chi connectivity index (χ1v) is 10.2. The Morgan fingerprint density at radius 2 is 1.96 bits per heavy atom.